The standard InChI is InChI=1S/C22H19BrFN3O3/c23-13-1-3-15-17(11-25-18(15)9-13)21(22(28)29)27-7-5-12(6-8-27)20-16-4-2-14(24)10-19(16)30-26-20/h1-4,9-12,21,25H,5-8H2,(H,28,29)/t21-/m0/s1. The molecule has 1 saturated heterocycles. The van der Waals surface area contributed by atoms with Crippen LogP contribution in [0, 0.1) is 5.82 Å². The predicted octanol–water partition coefficient (Wildman–Crippen LogP) is 5.22. The first-order valence-corrected chi connectivity index (χ1v) is 10.6. The number of benzene rings is 2. The second kappa shape index (κ2) is 7.52. The lowest BCUT2D eigenvalue weighted by atomic mass is 9.90. The molecule has 5 rings (SSSR count). The lowest BCUT2D eigenvalue weighted by molar-refractivity contribution is -0.144. The molecular weight excluding hydrogens is 453 g/mol. The zero-order chi connectivity index (χ0) is 20.8. The molecule has 0 radical (unpaired) electrons. The Balaban J connectivity index is 1.39. The van der Waals surface area contributed by atoms with Crippen LogP contribution in [0.5, 0.6) is 0 Å². The molecule has 1 aliphatic heterocycles. The summed E-state index contributed by atoms with van der Waals surface area (Å²) >= 11 is 3.45. The van der Waals surface area contributed by atoms with Crippen LogP contribution in [0.1, 0.15) is 36.1 Å². The number of H-pyrrole nitrogens is 1. The van der Waals surface area contributed by atoms with Crippen LogP contribution in [0.2, 0.25) is 0 Å². The number of carboxylic acids is 1. The Bertz CT molecular complexity index is 1240. The summed E-state index contributed by atoms with van der Waals surface area (Å²) in [6.45, 7) is 1.25. The number of hydrogen-bond donors (Lipinski definition) is 2. The van der Waals surface area contributed by atoms with E-state index in [-0.39, 0.29) is 11.7 Å². The topological polar surface area (TPSA) is 82.4 Å². The quantitative estimate of drug-likeness (QED) is 0.426. The van der Waals surface area contributed by atoms with Gasteiger partial charge in [0.05, 0.1) is 5.69 Å². The minimum absolute atomic E-state index is 0.154. The third-order valence-electron chi connectivity index (χ3n) is 5.95. The predicted molar refractivity (Wildman–Crippen MR) is 114 cm³/mol. The van der Waals surface area contributed by atoms with Crippen LogP contribution in [0.25, 0.3) is 21.9 Å². The van der Waals surface area contributed by atoms with E-state index in [2.05, 4.69) is 26.1 Å². The van der Waals surface area contributed by atoms with Crippen LogP contribution in [-0.4, -0.2) is 39.2 Å². The lowest BCUT2D eigenvalue weighted by Crippen LogP contribution is -2.39. The van der Waals surface area contributed by atoms with Crippen molar-refractivity contribution in [2.24, 2.45) is 0 Å². The molecule has 1 fully saturated rings. The van der Waals surface area contributed by atoms with Crippen LogP contribution in [0.4, 0.5) is 4.39 Å². The normalized spacial score (nSPS) is 17.0. The van der Waals surface area contributed by atoms with Gasteiger partial charge in [0.2, 0.25) is 0 Å². The lowest BCUT2D eigenvalue weighted by Gasteiger charge is -2.35. The molecule has 2 aromatic carbocycles. The van der Waals surface area contributed by atoms with E-state index >= 15 is 0 Å². The van der Waals surface area contributed by atoms with Gasteiger partial charge >= 0.3 is 5.97 Å². The first-order chi connectivity index (χ1) is 14.5. The molecule has 154 valence electrons. The van der Waals surface area contributed by atoms with Crippen molar-refractivity contribution in [2.75, 3.05) is 13.1 Å². The number of fused-ring (bicyclic) bond motifs is 2. The second-order valence-corrected chi connectivity index (χ2v) is 8.61. The number of piperidine rings is 1. The van der Waals surface area contributed by atoms with Crippen molar-refractivity contribution in [2.45, 2.75) is 24.8 Å². The summed E-state index contributed by atoms with van der Waals surface area (Å²) in [5.41, 5.74) is 2.95. The first kappa shape index (κ1) is 19.3. The van der Waals surface area contributed by atoms with Gasteiger partial charge in [-0.3, -0.25) is 9.69 Å². The smallest absolute Gasteiger partial charge is 0.325 e. The summed E-state index contributed by atoms with van der Waals surface area (Å²) in [6, 6.07) is 9.54. The van der Waals surface area contributed by atoms with Gasteiger partial charge in [0.15, 0.2) is 5.58 Å². The molecular formula is C22H19BrFN3O3. The van der Waals surface area contributed by atoms with E-state index in [1.807, 2.05) is 23.1 Å². The van der Waals surface area contributed by atoms with Crippen LogP contribution in [0.15, 0.2) is 51.6 Å². The van der Waals surface area contributed by atoms with Crippen molar-refractivity contribution in [3.05, 3.63) is 64.1 Å². The maximum atomic E-state index is 13.4. The highest BCUT2D eigenvalue weighted by atomic mass is 79.9. The van der Waals surface area contributed by atoms with E-state index in [0.717, 1.165) is 44.9 Å². The molecule has 1 atom stereocenters. The average Bonchev–Trinajstić information content (AvgIpc) is 3.32. The first-order valence-electron chi connectivity index (χ1n) is 9.79. The SMILES string of the molecule is O=C(O)[C@H](c1c[nH]c2cc(Br)ccc12)N1CCC(c2noc3cc(F)ccc23)CC1. The minimum Gasteiger partial charge on any atom is -0.480 e. The molecule has 8 heteroatoms. The summed E-state index contributed by atoms with van der Waals surface area (Å²) < 4.78 is 19.7. The zero-order valence-corrected chi connectivity index (χ0v) is 17.5. The van der Waals surface area contributed by atoms with Crippen molar-refractivity contribution in [1.29, 1.82) is 0 Å². The number of carbonyl (C=O) groups is 1. The highest BCUT2D eigenvalue weighted by Gasteiger charge is 2.34. The Morgan fingerprint density at radius 2 is 2.00 bits per heavy atom. The number of aromatic nitrogens is 2. The van der Waals surface area contributed by atoms with Crippen molar-refractivity contribution >= 4 is 43.8 Å². The van der Waals surface area contributed by atoms with Crippen molar-refractivity contribution in [3.8, 4) is 0 Å². The van der Waals surface area contributed by atoms with Gasteiger partial charge in [0, 0.05) is 44.5 Å². The average molecular weight is 472 g/mol. The number of halogens is 2. The molecule has 1 aliphatic rings. The number of hydrogen-bond acceptors (Lipinski definition) is 4. The summed E-state index contributed by atoms with van der Waals surface area (Å²) in [7, 11) is 0. The molecule has 0 saturated carbocycles. The van der Waals surface area contributed by atoms with Gasteiger partial charge in [-0.05, 0) is 50.2 Å². The van der Waals surface area contributed by atoms with Gasteiger partial charge in [0.1, 0.15) is 11.9 Å². The Morgan fingerprint density at radius 3 is 2.77 bits per heavy atom. The number of nitrogens with zero attached hydrogens (tertiary/aromatic N) is 2. The zero-order valence-electron chi connectivity index (χ0n) is 15.9. The Labute approximate surface area is 179 Å². The number of rotatable bonds is 4. The number of likely N-dealkylation sites (tertiary alicyclic amines) is 1. The highest BCUT2D eigenvalue weighted by molar-refractivity contribution is 9.10. The fraction of sp³-hybridized carbons (Fsp3) is 0.273. The Hall–Kier alpha value is -2.71. The van der Waals surface area contributed by atoms with E-state index < -0.39 is 12.0 Å². The summed E-state index contributed by atoms with van der Waals surface area (Å²) in [5.74, 6) is -1.06. The highest BCUT2D eigenvalue weighted by Crippen LogP contribution is 2.37. The third kappa shape index (κ3) is 3.30. The molecule has 4 aromatic rings. The summed E-state index contributed by atoms with van der Waals surface area (Å²) in [4.78, 5) is 17.4. The Kier molecular flexibility index (Phi) is 4.83. The molecule has 30 heavy (non-hydrogen) atoms. The maximum absolute atomic E-state index is 13.4. The number of nitrogens with one attached hydrogen (secondary N) is 1. The monoisotopic (exact) mass is 471 g/mol. The third-order valence-corrected chi connectivity index (χ3v) is 6.44. The fourth-order valence-electron chi connectivity index (χ4n) is 4.49. The van der Waals surface area contributed by atoms with E-state index in [1.165, 1.54) is 12.1 Å². The van der Waals surface area contributed by atoms with Crippen molar-refractivity contribution in [1.82, 2.24) is 15.0 Å². The minimum atomic E-state index is -0.861. The van der Waals surface area contributed by atoms with E-state index in [9.17, 15) is 14.3 Å². The van der Waals surface area contributed by atoms with Gasteiger partial charge in [-0.25, -0.2) is 4.39 Å². The molecule has 0 bridgehead atoms. The summed E-state index contributed by atoms with van der Waals surface area (Å²) in [6.07, 6.45) is 3.31. The maximum Gasteiger partial charge on any atom is 0.325 e. The summed E-state index contributed by atoms with van der Waals surface area (Å²) in [5, 5.41) is 15.9. The van der Waals surface area contributed by atoms with Gasteiger partial charge < -0.3 is 14.6 Å². The van der Waals surface area contributed by atoms with Gasteiger partial charge in [-0.2, -0.15) is 0 Å². The van der Waals surface area contributed by atoms with Crippen molar-refractivity contribution < 1.29 is 18.8 Å². The molecule has 2 aromatic heterocycles. The molecule has 0 aliphatic carbocycles. The van der Waals surface area contributed by atoms with Gasteiger partial charge in [-0.1, -0.05) is 27.2 Å². The fourth-order valence-corrected chi connectivity index (χ4v) is 4.85. The number of aromatic amines is 1. The number of carboxylic acid groups (broad SMARTS) is 1. The van der Waals surface area contributed by atoms with Gasteiger partial charge in [-0.15, -0.1) is 0 Å². The largest absolute Gasteiger partial charge is 0.480 e. The Morgan fingerprint density at radius 1 is 1.23 bits per heavy atom. The molecule has 3 heterocycles. The van der Waals surface area contributed by atoms with Crippen molar-refractivity contribution in [3.63, 3.8) is 0 Å². The second-order valence-electron chi connectivity index (χ2n) is 7.69. The molecule has 2 N–H and O–H groups in total. The molecule has 0 amide bonds. The number of aliphatic carboxylic acids is 1. The molecule has 0 unspecified atom stereocenters. The van der Waals surface area contributed by atoms with Gasteiger partial charge in [0.25, 0.3) is 0 Å². The van der Waals surface area contributed by atoms with Crippen LogP contribution >= 0.6 is 15.9 Å². The van der Waals surface area contributed by atoms with Crippen LogP contribution in [0.3, 0.4) is 0 Å². The molecule has 6 nitrogen and oxygen atoms in total. The van der Waals surface area contributed by atoms with Crippen LogP contribution in [-0.2, 0) is 4.79 Å². The van der Waals surface area contributed by atoms with E-state index in [1.54, 1.807) is 12.3 Å². The van der Waals surface area contributed by atoms with Crippen LogP contribution < -0.4 is 0 Å². The molecule has 0 spiro atoms. The van der Waals surface area contributed by atoms with E-state index in [4.69, 9.17) is 4.52 Å². The van der Waals surface area contributed by atoms with E-state index in [0.29, 0.717) is 18.7 Å².